The second kappa shape index (κ2) is 6.00. The highest BCUT2D eigenvalue weighted by Gasteiger charge is 2.31. The first-order valence-electron chi connectivity index (χ1n) is 8.26. The van der Waals surface area contributed by atoms with Gasteiger partial charge in [0.15, 0.2) is 11.6 Å². The molecule has 0 N–H and O–H groups in total. The van der Waals surface area contributed by atoms with E-state index in [9.17, 15) is 8.78 Å². The molecule has 2 aromatic rings. The van der Waals surface area contributed by atoms with E-state index in [1.807, 2.05) is 6.33 Å². The van der Waals surface area contributed by atoms with Crippen LogP contribution in [0.5, 0.6) is 0 Å². The van der Waals surface area contributed by atoms with Crippen LogP contribution in [0, 0.1) is 11.6 Å². The number of likely N-dealkylation sites (tertiary alicyclic amines) is 1. The van der Waals surface area contributed by atoms with Crippen LogP contribution in [0.2, 0.25) is 0 Å². The summed E-state index contributed by atoms with van der Waals surface area (Å²) >= 11 is 0. The lowest BCUT2D eigenvalue weighted by molar-refractivity contribution is 0.194. The van der Waals surface area contributed by atoms with Gasteiger partial charge >= 0.3 is 0 Å². The smallest absolute Gasteiger partial charge is 0.159 e. The topological polar surface area (TPSA) is 34.0 Å². The molecule has 0 spiro atoms. The maximum atomic E-state index is 13.4. The van der Waals surface area contributed by atoms with E-state index in [1.165, 1.54) is 25.0 Å². The number of piperidine rings is 1. The fourth-order valence-electron chi connectivity index (χ4n) is 3.48. The predicted octanol–water partition coefficient (Wildman–Crippen LogP) is 3.27. The molecule has 1 aliphatic heterocycles. The Labute approximate surface area is 134 Å². The van der Waals surface area contributed by atoms with Crippen molar-refractivity contribution in [3.05, 3.63) is 47.5 Å². The van der Waals surface area contributed by atoms with E-state index >= 15 is 0 Å². The molecule has 1 aromatic heterocycles. The van der Waals surface area contributed by atoms with Crippen LogP contribution in [0.3, 0.4) is 0 Å². The molecule has 0 amide bonds. The standard InChI is InChI=1S/C17H20F2N4/c18-15-6-3-12(8-16(15)19)9-22-7-1-2-13(10-22)17-21-20-11-23(17)14-4-5-14/h3,6,8,11,13-14H,1-2,4-5,7,9-10H2/t13-/m1/s1. The summed E-state index contributed by atoms with van der Waals surface area (Å²) in [7, 11) is 0. The van der Waals surface area contributed by atoms with Crippen molar-refractivity contribution in [3.63, 3.8) is 0 Å². The number of hydrogen-bond acceptors (Lipinski definition) is 3. The average Bonchev–Trinajstić information content (AvgIpc) is 3.28. The van der Waals surface area contributed by atoms with Crippen LogP contribution in [0.15, 0.2) is 24.5 Å². The minimum absolute atomic E-state index is 0.372. The van der Waals surface area contributed by atoms with Gasteiger partial charge in [-0.05, 0) is 49.9 Å². The van der Waals surface area contributed by atoms with Crippen molar-refractivity contribution >= 4 is 0 Å². The minimum atomic E-state index is -0.789. The fourth-order valence-corrected chi connectivity index (χ4v) is 3.48. The molecule has 2 aliphatic rings. The van der Waals surface area contributed by atoms with E-state index in [0.717, 1.165) is 37.3 Å². The quantitative estimate of drug-likeness (QED) is 0.867. The van der Waals surface area contributed by atoms with Crippen LogP contribution in [0.25, 0.3) is 0 Å². The van der Waals surface area contributed by atoms with Crippen molar-refractivity contribution < 1.29 is 8.78 Å². The molecule has 2 heterocycles. The minimum Gasteiger partial charge on any atom is -0.314 e. The zero-order chi connectivity index (χ0) is 15.8. The highest BCUT2D eigenvalue weighted by molar-refractivity contribution is 5.18. The first kappa shape index (κ1) is 14.8. The highest BCUT2D eigenvalue weighted by Crippen LogP contribution is 2.38. The van der Waals surface area contributed by atoms with E-state index in [0.29, 0.717) is 18.5 Å². The Bertz CT molecular complexity index is 696. The molecule has 23 heavy (non-hydrogen) atoms. The highest BCUT2D eigenvalue weighted by atomic mass is 19.2. The molecule has 122 valence electrons. The van der Waals surface area contributed by atoms with Crippen LogP contribution < -0.4 is 0 Å². The monoisotopic (exact) mass is 318 g/mol. The zero-order valence-corrected chi connectivity index (χ0v) is 13.0. The van der Waals surface area contributed by atoms with Gasteiger partial charge in [-0.15, -0.1) is 10.2 Å². The lowest BCUT2D eigenvalue weighted by atomic mass is 9.96. The van der Waals surface area contributed by atoms with Gasteiger partial charge in [-0.3, -0.25) is 4.90 Å². The normalized spacial score (nSPS) is 22.4. The first-order valence-corrected chi connectivity index (χ1v) is 8.26. The number of nitrogens with zero attached hydrogens (tertiary/aromatic N) is 4. The molecule has 4 rings (SSSR count). The Hall–Kier alpha value is -1.82. The number of hydrogen-bond donors (Lipinski definition) is 0. The fraction of sp³-hybridized carbons (Fsp3) is 0.529. The van der Waals surface area contributed by atoms with Crippen LogP contribution in [0.4, 0.5) is 8.78 Å². The first-order chi connectivity index (χ1) is 11.2. The average molecular weight is 318 g/mol. The van der Waals surface area contributed by atoms with E-state index in [1.54, 1.807) is 6.07 Å². The third-order valence-corrected chi connectivity index (χ3v) is 4.80. The third-order valence-electron chi connectivity index (χ3n) is 4.80. The molecule has 1 aromatic carbocycles. The molecule has 1 saturated heterocycles. The van der Waals surface area contributed by atoms with E-state index in [-0.39, 0.29) is 0 Å². The molecule has 0 radical (unpaired) electrons. The summed E-state index contributed by atoms with van der Waals surface area (Å²) in [4.78, 5) is 2.30. The molecule has 0 unspecified atom stereocenters. The molecule has 0 bridgehead atoms. The summed E-state index contributed by atoms with van der Waals surface area (Å²) in [5.74, 6) is -0.105. The Morgan fingerprint density at radius 2 is 2.00 bits per heavy atom. The van der Waals surface area contributed by atoms with Gasteiger partial charge in [0.25, 0.3) is 0 Å². The molecule has 1 aliphatic carbocycles. The maximum absolute atomic E-state index is 13.4. The van der Waals surface area contributed by atoms with E-state index in [4.69, 9.17) is 0 Å². The Morgan fingerprint density at radius 1 is 1.13 bits per heavy atom. The summed E-state index contributed by atoms with van der Waals surface area (Å²) in [5, 5.41) is 8.44. The van der Waals surface area contributed by atoms with Gasteiger partial charge < -0.3 is 4.57 Å². The van der Waals surface area contributed by atoms with Gasteiger partial charge in [-0.2, -0.15) is 0 Å². The van der Waals surface area contributed by atoms with Gasteiger partial charge in [0.1, 0.15) is 12.2 Å². The molecule has 2 fully saturated rings. The number of rotatable bonds is 4. The van der Waals surface area contributed by atoms with E-state index < -0.39 is 11.6 Å². The summed E-state index contributed by atoms with van der Waals surface area (Å²) in [6.45, 7) is 2.52. The Kier molecular flexibility index (Phi) is 3.85. The van der Waals surface area contributed by atoms with Crippen molar-refractivity contribution in [2.75, 3.05) is 13.1 Å². The third kappa shape index (κ3) is 3.13. The van der Waals surface area contributed by atoms with Crippen molar-refractivity contribution in [2.45, 2.75) is 44.2 Å². The molecule has 4 nitrogen and oxygen atoms in total. The SMILES string of the molecule is Fc1ccc(CN2CCC[C@@H](c3nncn3C3CC3)C2)cc1F. The zero-order valence-electron chi connectivity index (χ0n) is 13.0. The predicted molar refractivity (Wildman–Crippen MR) is 81.9 cm³/mol. The Morgan fingerprint density at radius 3 is 2.78 bits per heavy atom. The summed E-state index contributed by atoms with van der Waals surface area (Å²) < 4.78 is 28.6. The number of benzene rings is 1. The van der Waals surface area contributed by atoms with Gasteiger partial charge in [-0.25, -0.2) is 8.78 Å². The van der Waals surface area contributed by atoms with Crippen LogP contribution >= 0.6 is 0 Å². The molecule has 1 atom stereocenters. The lowest BCUT2D eigenvalue weighted by Crippen LogP contribution is -2.35. The summed E-state index contributed by atoms with van der Waals surface area (Å²) in [6, 6.07) is 4.75. The summed E-state index contributed by atoms with van der Waals surface area (Å²) in [6.07, 6.45) is 6.49. The summed E-state index contributed by atoms with van der Waals surface area (Å²) in [5.41, 5.74) is 0.813. The largest absolute Gasteiger partial charge is 0.314 e. The Balaban J connectivity index is 1.46. The molecular weight excluding hydrogens is 298 g/mol. The van der Waals surface area contributed by atoms with Crippen molar-refractivity contribution in [1.29, 1.82) is 0 Å². The molecule has 1 saturated carbocycles. The van der Waals surface area contributed by atoms with Gasteiger partial charge in [0.2, 0.25) is 0 Å². The van der Waals surface area contributed by atoms with Crippen molar-refractivity contribution in [2.24, 2.45) is 0 Å². The van der Waals surface area contributed by atoms with Crippen molar-refractivity contribution in [1.82, 2.24) is 19.7 Å². The van der Waals surface area contributed by atoms with E-state index in [2.05, 4.69) is 19.7 Å². The van der Waals surface area contributed by atoms with Gasteiger partial charge in [-0.1, -0.05) is 6.07 Å². The number of aromatic nitrogens is 3. The molecular formula is C17H20F2N4. The second-order valence-corrected chi connectivity index (χ2v) is 6.65. The molecule has 6 heteroatoms. The van der Waals surface area contributed by atoms with Crippen LogP contribution in [0.1, 0.15) is 49.0 Å². The lowest BCUT2D eigenvalue weighted by Gasteiger charge is -2.32. The van der Waals surface area contributed by atoms with Gasteiger partial charge in [0, 0.05) is 25.0 Å². The van der Waals surface area contributed by atoms with Crippen LogP contribution in [-0.4, -0.2) is 32.8 Å². The maximum Gasteiger partial charge on any atom is 0.159 e. The number of halogens is 2. The van der Waals surface area contributed by atoms with Crippen LogP contribution in [-0.2, 0) is 6.54 Å². The second-order valence-electron chi connectivity index (χ2n) is 6.65. The van der Waals surface area contributed by atoms with Gasteiger partial charge in [0.05, 0.1) is 0 Å². The van der Waals surface area contributed by atoms with Crippen molar-refractivity contribution in [3.8, 4) is 0 Å².